The van der Waals surface area contributed by atoms with Gasteiger partial charge in [-0.25, -0.2) is 0 Å². The maximum Gasteiger partial charge on any atom is 0.251 e. The van der Waals surface area contributed by atoms with E-state index in [1.165, 1.54) is 10.6 Å². The van der Waals surface area contributed by atoms with Gasteiger partial charge in [0.2, 0.25) is 0 Å². The van der Waals surface area contributed by atoms with Crippen molar-refractivity contribution in [2.45, 2.75) is 32.6 Å². The maximum atomic E-state index is 11.8. The second-order valence-corrected chi connectivity index (χ2v) is 4.00. The summed E-state index contributed by atoms with van der Waals surface area (Å²) in [4.78, 5) is 17.3. The van der Waals surface area contributed by atoms with E-state index < -0.39 is 0 Å². The van der Waals surface area contributed by atoms with Gasteiger partial charge >= 0.3 is 0 Å². The summed E-state index contributed by atoms with van der Waals surface area (Å²) in [5.41, 5.74) is 2.11. The number of carbonyl (C=O) groups excluding carboxylic acids is 1. The summed E-state index contributed by atoms with van der Waals surface area (Å²) in [6.07, 6.45) is 3.42. The Morgan fingerprint density at radius 3 is 2.94 bits per heavy atom. The third-order valence-corrected chi connectivity index (χ3v) is 2.76. The van der Waals surface area contributed by atoms with E-state index in [-0.39, 0.29) is 5.91 Å². The number of carbonyl (C=O) groups is 1. The first kappa shape index (κ1) is 11.1. The van der Waals surface area contributed by atoms with Gasteiger partial charge in [-0.3, -0.25) is 9.63 Å². The van der Waals surface area contributed by atoms with Gasteiger partial charge in [0.25, 0.3) is 5.91 Å². The average Bonchev–Trinajstić information content (AvgIpc) is 2.32. The third-order valence-electron chi connectivity index (χ3n) is 2.76. The highest BCUT2D eigenvalue weighted by atomic mass is 16.7. The Kier molecular flexibility index (Phi) is 3.57. The number of hydroxylamine groups is 1. The number of fused-ring (bicyclic) bond motifs is 1. The van der Waals surface area contributed by atoms with Crippen molar-refractivity contribution in [1.82, 2.24) is 0 Å². The number of benzene rings is 1. The number of nitrogens with zero attached hydrogens (tertiary/aromatic N) is 1. The number of amides is 1. The number of para-hydroxylation sites is 1. The van der Waals surface area contributed by atoms with E-state index in [1.54, 1.807) is 0 Å². The Morgan fingerprint density at radius 1 is 1.31 bits per heavy atom. The summed E-state index contributed by atoms with van der Waals surface area (Å²) in [5, 5.41) is 1.47. The number of aryl methyl sites for hydroxylation is 1. The first-order valence-electron chi connectivity index (χ1n) is 5.86. The lowest BCUT2D eigenvalue weighted by Crippen LogP contribution is -2.35. The van der Waals surface area contributed by atoms with Gasteiger partial charge in [-0.2, -0.15) is 5.06 Å². The van der Waals surface area contributed by atoms with Crippen LogP contribution in [0.4, 0.5) is 5.69 Å². The van der Waals surface area contributed by atoms with Crippen molar-refractivity contribution in [2.75, 3.05) is 11.7 Å². The predicted octanol–water partition coefficient (Wildman–Crippen LogP) is 2.70. The van der Waals surface area contributed by atoms with Crippen molar-refractivity contribution in [3.05, 3.63) is 29.8 Å². The van der Waals surface area contributed by atoms with Gasteiger partial charge < -0.3 is 0 Å². The van der Waals surface area contributed by atoms with Gasteiger partial charge in [0.05, 0.1) is 12.3 Å². The molecule has 1 aromatic carbocycles. The Hall–Kier alpha value is -1.35. The number of rotatable bonds is 4. The smallest absolute Gasteiger partial charge is 0.251 e. The van der Waals surface area contributed by atoms with Crippen LogP contribution in [-0.4, -0.2) is 12.5 Å². The Balaban J connectivity index is 2.13. The number of unbranched alkanes of at least 4 members (excludes halogenated alkanes) is 1. The van der Waals surface area contributed by atoms with Gasteiger partial charge in [-0.05, 0) is 24.5 Å². The molecule has 0 saturated carbocycles. The van der Waals surface area contributed by atoms with Crippen LogP contribution < -0.4 is 5.06 Å². The molecule has 0 spiro atoms. The van der Waals surface area contributed by atoms with Crippen LogP contribution in [0, 0.1) is 0 Å². The molecule has 0 radical (unpaired) electrons. The van der Waals surface area contributed by atoms with Gasteiger partial charge in [0.15, 0.2) is 0 Å². The van der Waals surface area contributed by atoms with Crippen molar-refractivity contribution in [2.24, 2.45) is 0 Å². The molecule has 0 atom stereocenters. The zero-order valence-electron chi connectivity index (χ0n) is 9.61. The normalized spacial score (nSPS) is 15.1. The van der Waals surface area contributed by atoms with E-state index in [0.29, 0.717) is 13.0 Å². The molecular formula is C13H17NO2. The molecule has 86 valence electrons. The molecule has 0 fully saturated rings. The minimum absolute atomic E-state index is 0.0646. The number of hydrogen-bond acceptors (Lipinski definition) is 2. The molecule has 0 aliphatic carbocycles. The van der Waals surface area contributed by atoms with E-state index in [9.17, 15) is 4.79 Å². The number of hydrogen-bond donors (Lipinski definition) is 0. The Bertz CT molecular complexity index is 376. The minimum Gasteiger partial charge on any atom is -0.272 e. The third kappa shape index (κ3) is 2.25. The quantitative estimate of drug-likeness (QED) is 0.729. The van der Waals surface area contributed by atoms with Crippen LogP contribution >= 0.6 is 0 Å². The average molecular weight is 219 g/mol. The first-order chi connectivity index (χ1) is 7.83. The standard InChI is InChI=1S/C13H17NO2/c1-2-3-10-16-14-12-7-5-4-6-11(12)8-9-13(14)15/h4-7H,2-3,8-10H2,1H3. The molecule has 3 heteroatoms. The summed E-state index contributed by atoms with van der Waals surface area (Å²) < 4.78 is 0. The Labute approximate surface area is 96.0 Å². The highest BCUT2D eigenvalue weighted by molar-refractivity contribution is 5.94. The fourth-order valence-corrected chi connectivity index (χ4v) is 1.84. The van der Waals surface area contributed by atoms with Crippen molar-refractivity contribution < 1.29 is 9.63 Å². The molecule has 1 heterocycles. The van der Waals surface area contributed by atoms with Gasteiger partial charge in [0.1, 0.15) is 0 Å². The van der Waals surface area contributed by atoms with Crippen molar-refractivity contribution in [1.29, 1.82) is 0 Å². The van der Waals surface area contributed by atoms with Crippen molar-refractivity contribution >= 4 is 11.6 Å². The van der Waals surface area contributed by atoms with Gasteiger partial charge in [-0.15, -0.1) is 0 Å². The Morgan fingerprint density at radius 2 is 2.12 bits per heavy atom. The molecule has 1 aliphatic rings. The lowest BCUT2D eigenvalue weighted by molar-refractivity contribution is -0.126. The highest BCUT2D eigenvalue weighted by Crippen LogP contribution is 2.27. The van der Waals surface area contributed by atoms with Crippen molar-refractivity contribution in [3.63, 3.8) is 0 Å². The molecule has 16 heavy (non-hydrogen) atoms. The minimum atomic E-state index is 0.0646. The summed E-state index contributed by atoms with van der Waals surface area (Å²) >= 11 is 0. The predicted molar refractivity (Wildman–Crippen MR) is 63.1 cm³/mol. The van der Waals surface area contributed by atoms with E-state index in [1.807, 2.05) is 18.2 Å². The molecule has 2 rings (SSSR count). The van der Waals surface area contributed by atoms with E-state index in [0.717, 1.165) is 24.9 Å². The van der Waals surface area contributed by atoms with Crippen LogP contribution in [-0.2, 0) is 16.1 Å². The second-order valence-electron chi connectivity index (χ2n) is 4.00. The molecule has 0 unspecified atom stereocenters. The maximum absolute atomic E-state index is 11.8. The lowest BCUT2D eigenvalue weighted by Gasteiger charge is -2.28. The molecule has 0 saturated heterocycles. The van der Waals surface area contributed by atoms with Crippen molar-refractivity contribution in [3.8, 4) is 0 Å². The first-order valence-corrected chi connectivity index (χ1v) is 5.86. The molecule has 0 N–H and O–H groups in total. The van der Waals surface area contributed by atoms with E-state index in [2.05, 4.69) is 13.0 Å². The van der Waals surface area contributed by atoms with Gasteiger partial charge in [0, 0.05) is 6.42 Å². The van der Waals surface area contributed by atoms with Crippen LogP contribution in [0.5, 0.6) is 0 Å². The monoisotopic (exact) mass is 219 g/mol. The summed E-state index contributed by atoms with van der Waals surface area (Å²) in [6.45, 7) is 2.71. The van der Waals surface area contributed by atoms with E-state index in [4.69, 9.17) is 4.84 Å². The van der Waals surface area contributed by atoms with Crippen LogP contribution in [0.15, 0.2) is 24.3 Å². The van der Waals surface area contributed by atoms with Crippen LogP contribution in [0.25, 0.3) is 0 Å². The molecule has 3 nitrogen and oxygen atoms in total. The topological polar surface area (TPSA) is 29.5 Å². The summed E-state index contributed by atoms with van der Waals surface area (Å²) in [7, 11) is 0. The molecule has 1 aliphatic heterocycles. The molecule has 1 aromatic rings. The highest BCUT2D eigenvalue weighted by Gasteiger charge is 2.24. The number of anilines is 1. The SMILES string of the molecule is CCCCON1C(=O)CCc2ccccc21. The molecular weight excluding hydrogens is 202 g/mol. The van der Waals surface area contributed by atoms with Crippen LogP contribution in [0.1, 0.15) is 31.7 Å². The van der Waals surface area contributed by atoms with Crippen LogP contribution in [0.2, 0.25) is 0 Å². The molecule has 1 amide bonds. The molecule has 0 aromatic heterocycles. The lowest BCUT2D eigenvalue weighted by atomic mass is 10.0. The second kappa shape index (κ2) is 5.12. The summed E-state index contributed by atoms with van der Waals surface area (Å²) in [5.74, 6) is 0.0646. The largest absolute Gasteiger partial charge is 0.272 e. The fraction of sp³-hybridized carbons (Fsp3) is 0.462. The van der Waals surface area contributed by atoms with Gasteiger partial charge in [-0.1, -0.05) is 31.5 Å². The fourth-order valence-electron chi connectivity index (χ4n) is 1.84. The molecule has 0 bridgehead atoms. The zero-order chi connectivity index (χ0) is 11.4. The zero-order valence-corrected chi connectivity index (χ0v) is 9.61. The van der Waals surface area contributed by atoms with E-state index >= 15 is 0 Å². The van der Waals surface area contributed by atoms with Crippen LogP contribution in [0.3, 0.4) is 0 Å². The summed E-state index contributed by atoms with van der Waals surface area (Å²) in [6, 6.07) is 7.93.